The van der Waals surface area contributed by atoms with Gasteiger partial charge in [0.25, 0.3) is 0 Å². The van der Waals surface area contributed by atoms with Gasteiger partial charge in [-0.15, -0.1) is 0 Å². The van der Waals surface area contributed by atoms with Crippen LogP contribution in [0.5, 0.6) is 0 Å². The van der Waals surface area contributed by atoms with Crippen LogP contribution < -0.4 is 5.73 Å². The first-order valence-electron chi connectivity index (χ1n) is 5.94. The lowest BCUT2D eigenvalue weighted by atomic mass is 10.1. The summed E-state index contributed by atoms with van der Waals surface area (Å²) in [6.45, 7) is -0.596. The van der Waals surface area contributed by atoms with E-state index >= 15 is 0 Å². The third-order valence-corrected chi connectivity index (χ3v) is 5.46. The zero-order valence-corrected chi connectivity index (χ0v) is 12.3. The predicted molar refractivity (Wildman–Crippen MR) is 73.4 cm³/mol. The quantitative estimate of drug-likeness (QED) is 0.665. The van der Waals surface area contributed by atoms with Crippen molar-refractivity contribution in [2.75, 3.05) is 18.8 Å². The molecule has 2 N–H and O–H groups in total. The van der Waals surface area contributed by atoms with Crippen LogP contribution in [0.15, 0.2) is 34.7 Å². The molecule has 0 bridgehead atoms. The van der Waals surface area contributed by atoms with Crippen LogP contribution in [0.4, 0.5) is 18.9 Å². The molecule has 0 aromatic heterocycles. The third-order valence-electron chi connectivity index (χ3n) is 3.11. The van der Waals surface area contributed by atoms with E-state index in [2.05, 4.69) is 0 Å². The van der Waals surface area contributed by atoms with E-state index in [1.165, 1.54) is 18.2 Å². The molecule has 0 fully saturated rings. The Morgan fingerprint density at radius 1 is 1.29 bits per heavy atom. The molecule has 1 aromatic carbocycles. The number of anilines is 1. The van der Waals surface area contributed by atoms with Gasteiger partial charge in [-0.25, -0.2) is 8.42 Å². The number of hydrogen-bond acceptors (Lipinski definition) is 3. The molecule has 1 aliphatic heterocycles. The summed E-state index contributed by atoms with van der Waals surface area (Å²) in [5.74, 6) is 0. The van der Waals surface area contributed by atoms with E-state index in [4.69, 9.17) is 17.3 Å². The van der Waals surface area contributed by atoms with Gasteiger partial charge in [0.15, 0.2) is 0 Å². The monoisotopic (exact) mass is 340 g/mol. The van der Waals surface area contributed by atoms with Gasteiger partial charge in [0.05, 0.1) is 5.02 Å². The number of nitrogen functional groups attached to an aromatic ring is 1. The van der Waals surface area contributed by atoms with Crippen molar-refractivity contribution in [3.05, 3.63) is 34.9 Å². The van der Waals surface area contributed by atoms with Crippen molar-refractivity contribution in [3.63, 3.8) is 0 Å². The highest BCUT2D eigenvalue weighted by Gasteiger charge is 2.37. The Labute approximate surface area is 125 Å². The smallest absolute Gasteiger partial charge is 0.399 e. The van der Waals surface area contributed by atoms with Gasteiger partial charge in [-0.1, -0.05) is 17.7 Å². The standard InChI is InChI=1S/C12H12ClF3N2O2S/c13-10-2-1-9(17)7-11(10)21(19,20)18-5-3-8(4-6-18)12(14,15)16/h1-3,7H,4-6,17H2. The Hall–Kier alpha value is -1.25. The minimum absolute atomic E-state index is 0.0187. The minimum Gasteiger partial charge on any atom is -0.399 e. The van der Waals surface area contributed by atoms with E-state index < -0.39 is 21.8 Å². The summed E-state index contributed by atoms with van der Waals surface area (Å²) < 4.78 is 63.3. The number of hydrogen-bond donors (Lipinski definition) is 1. The lowest BCUT2D eigenvalue weighted by Crippen LogP contribution is -2.36. The molecule has 0 aliphatic carbocycles. The SMILES string of the molecule is Nc1ccc(Cl)c(S(=O)(=O)N2CC=C(C(F)(F)F)CC2)c1. The molecule has 1 heterocycles. The van der Waals surface area contributed by atoms with Crippen LogP contribution >= 0.6 is 11.6 Å². The second-order valence-electron chi connectivity index (χ2n) is 4.53. The van der Waals surface area contributed by atoms with Crippen molar-refractivity contribution in [1.29, 1.82) is 0 Å². The molecule has 0 saturated heterocycles. The lowest BCUT2D eigenvalue weighted by Gasteiger charge is -2.27. The first-order valence-corrected chi connectivity index (χ1v) is 7.75. The van der Waals surface area contributed by atoms with Gasteiger partial charge in [0.2, 0.25) is 10.0 Å². The fourth-order valence-electron chi connectivity index (χ4n) is 1.98. The molecule has 21 heavy (non-hydrogen) atoms. The Morgan fingerprint density at radius 2 is 1.95 bits per heavy atom. The first-order chi connectivity index (χ1) is 9.62. The van der Waals surface area contributed by atoms with E-state index in [0.717, 1.165) is 10.4 Å². The summed E-state index contributed by atoms with van der Waals surface area (Å²) >= 11 is 5.84. The fraction of sp³-hybridized carbons (Fsp3) is 0.333. The van der Waals surface area contributed by atoms with Crippen LogP contribution in [0.1, 0.15) is 6.42 Å². The normalized spacial score (nSPS) is 17.6. The molecule has 0 unspecified atom stereocenters. The van der Waals surface area contributed by atoms with Crippen molar-refractivity contribution in [1.82, 2.24) is 4.31 Å². The second kappa shape index (κ2) is 5.51. The summed E-state index contributed by atoms with van der Waals surface area (Å²) in [4.78, 5) is -0.201. The van der Waals surface area contributed by atoms with Crippen LogP contribution in [0.25, 0.3) is 0 Å². The molecule has 116 valence electrons. The molecule has 1 aliphatic rings. The highest BCUT2D eigenvalue weighted by molar-refractivity contribution is 7.89. The highest BCUT2D eigenvalue weighted by atomic mass is 35.5. The Bertz CT molecular complexity index is 686. The Morgan fingerprint density at radius 3 is 2.48 bits per heavy atom. The minimum atomic E-state index is -4.43. The number of halogens is 4. The number of nitrogens with zero attached hydrogens (tertiary/aromatic N) is 1. The van der Waals surface area contributed by atoms with Crippen molar-refractivity contribution in [3.8, 4) is 0 Å². The van der Waals surface area contributed by atoms with Gasteiger partial charge >= 0.3 is 6.18 Å². The van der Waals surface area contributed by atoms with E-state index in [-0.39, 0.29) is 35.1 Å². The maximum Gasteiger partial charge on any atom is 0.412 e. The molecule has 2 rings (SSSR count). The summed E-state index contributed by atoms with van der Waals surface area (Å²) in [6, 6.07) is 3.98. The molecular formula is C12H12ClF3N2O2S. The summed E-state index contributed by atoms with van der Waals surface area (Å²) in [7, 11) is -3.97. The highest BCUT2D eigenvalue weighted by Crippen LogP contribution is 2.33. The fourth-order valence-corrected chi connectivity index (χ4v) is 3.87. The molecule has 0 spiro atoms. The van der Waals surface area contributed by atoms with Gasteiger partial charge in [-0.3, -0.25) is 0 Å². The van der Waals surface area contributed by atoms with Crippen LogP contribution in [0.2, 0.25) is 5.02 Å². The van der Waals surface area contributed by atoms with Crippen molar-refractivity contribution in [2.24, 2.45) is 0 Å². The van der Waals surface area contributed by atoms with Gasteiger partial charge < -0.3 is 5.73 Å². The predicted octanol–water partition coefficient (Wildman–Crippen LogP) is 2.81. The van der Waals surface area contributed by atoms with Gasteiger partial charge in [-0.2, -0.15) is 17.5 Å². The number of alkyl halides is 3. The van der Waals surface area contributed by atoms with Crippen molar-refractivity contribution < 1.29 is 21.6 Å². The molecule has 0 saturated carbocycles. The van der Waals surface area contributed by atoms with Gasteiger partial charge in [0, 0.05) is 24.4 Å². The topological polar surface area (TPSA) is 63.4 Å². The van der Waals surface area contributed by atoms with Gasteiger partial charge in [-0.05, 0) is 24.6 Å². The van der Waals surface area contributed by atoms with Crippen LogP contribution in [-0.2, 0) is 10.0 Å². The summed E-state index contributed by atoms with van der Waals surface area (Å²) in [5, 5.41) is -0.0187. The zero-order valence-electron chi connectivity index (χ0n) is 10.7. The number of sulfonamides is 1. The van der Waals surface area contributed by atoms with E-state index in [9.17, 15) is 21.6 Å². The van der Waals surface area contributed by atoms with E-state index in [0.29, 0.717) is 0 Å². The zero-order chi connectivity index (χ0) is 15.8. The van der Waals surface area contributed by atoms with Crippen molar-refractivity contribution >= 4 is 27.3 Å². The molecule has 9 heteroatoms. The van der Waals surface area contributed by atoms with E-state index in [1.807, 2.05) is 0 Å². The molecule has 0 amide bonds. The Balaban J connectivity index is 2.31. The molecule has 0 radical (unpaired) electrons. The number of benzene rings is 1. The average Bonchev–Trinajstić information content (AvgIpc) is 2.40. The second-order valence-corrected chi connectivity index (χ2v) is 6.84. The number of rotatable bonds is 2. The Kier molecular flexibility index (Phi) is 4.23. The van der Waals surface area contributed by atoms with E-state index in [1.54, 1.807) is 0 Å². The van der Waals surface area contributed by atoms with Crippen LogP contribution in [-0.4, -0.2) is 32.0 Å². The van der Waals surface area contributed by atoms with Crippen LogP contribution in [0, 0.1) is 0 Å². The maximum absolute atomic E-state index is 12.5. The molecule has 4 nitrogen and oxygen atoms in total. The number of nitrogens with two attached hydrogens (primary N) is 1. The molecular weight excluding hydrogens is 329 g/mol. The van der Waals surface area contributed by atoms with Crippen molar-refractivity contribution in [2.45, 2.75) is 17.5 Å². The summed E-state index contributed by atoms with van der Waals surface area (Å²) in [5.41, 5.74) is 5.03. The molecule has 0 atom stereocenters. The lowest BCUT2D eigenvalue weighted by molar-refractivity contribution is -0.0953. The van der Waals surface area contributed by atoms with Crippen LogP contribution in [0.3, 0.4) is 0 Å². The average molecular weight is 341 g/mol. The van der Waals surface area contributed by atoms with Gasteiger partial charge in [0.1, 0.15) is 4.90 Å². The first kappa shape index (κ1) is 16.1. The third kappa shape index (κ3) is 3.33. The maximum atomic E-state index is 12.5. The summed E-state index contributed by atoms with van der Waals surface area (Å²) in [6.07, 6.45) is -3.94. The largest absolute Gasteiger partial charge is 0.412 e. The molecule has 1 aromatic rings.